The number of rotatable bonds is 7. The Kier molecular flexibility index (Phi) is 6.15. The van der Waals surface area contributed by atoms with Crippen LogP contribution in [0.25, 0.3) is 0 Å². The van der Waals surface area contributed by atoms with E-state index in [2.05, 4.69) is 5.32 Å². The summed E-state index contributed by atoms with van der Waals surface area (Å²) in [5.41, 5.74) is 0.956. The summed E-state index contributed by atoms with van der Waals surface area (Å²) in [5, 5.41) is 2.60. The largest absolute Gasteiger partial charge is 0.495 e. The summed E-state index contributed by atoms with van der Waals surface area (Å²) in [6.45, 7) is 3.16. The summed E-state index contributed by atoms with van der Waals surface area (Å²) in [6.07, 6.45) is 0.627. The fraction of sp³-hybridized carbons (Fsp3) is 0.273. The van der Waals surface area contributed by atoms with Crippen molar-refractivity contribution in [3.8, 4) is 5.75 Å². The van der Waals surface area contributed by atoms with Gasteiger partial charge < -0.3 is 14.8 Å². The predicted octanol–water partition coefficient (Wildman–Crippen LogP) is 2.89. The number of hydrogen-bond donors (Lipinski definition) is 1. The minimum absolute atomic E-state index is 0.0889. The van der Waals surface area contributed by atoms with Gasteiger partial charge in [-0.2, -0.15) is 0 Å². The smallest absolute Gasteiger partial charge is 0.338 e. The molecule has 0 aliphatic carbocycles. The molecule has 1 heterocycles. The number of nitrogens with one attached hydrogen (secondary N) is 1. The molecule has 8 nitrogen and oxygen atoms in total. The second-order valence-electron chi connectivity index (χ2n) is 6.82. The maximum atomic E-state index is 12.6. The van der Waals surface area contributed by atoms with Gasteiger partial charge in [-0.15, -0.1) is 0 Å². The van der Waals surface area contributed by atoms with Crippen LogP contribution in [0.3, 0.4) is 0 Å². The molecule has 1 aliphatic heterocycles. The van der Waals surface area contributed by atoms with E-state index in [9.17, 15) is 19.2 Å². The molecule has 156 valence electrons. The number of nitrogens with zero attached hydrogens (tertiary/aromatic N) is 1. The van der Waals surface area contributed by atoms with E-state index >= 15 is 0 Å². The topological polar surface area (TPSA) is 102 Å². The van der Waals surface area contributed by atoms with E-state index in [4.69, 9.17) is 9.47 Å². The molecule has 3 amide bonds. The number of amides is 3. The molecular weight excluding hydrogens is 388 g/mol. The molecule has 0 spiro atoms. The predicted molar refractivity (Wildman–Crippen MR) is 109 cm³/mol. The molecule has 0 aromatic heterocycles. The standard InChI is InChI=1S/C22H22N2O6/c1-4-13(2)24-20(26)15-10-9-14(11-16(15)21(24)27)22(28)30-12-19(25)23-17-7-5-6-8-18(17)29-3/h5-11,13H,4,12H2,1-3H3,(H,23,25). The minimum Gasteiger partial charge on any atom is -0.495 e. The van der Waals surface area contributed by atoms with Crippen molar-refractivity contribution >= 4 is 29.4 Å². The molecular formula is C22H22N2O6. The van der Waals surface area contributed by atoms with E-state index in [-0.39, 0.29) is 28.6 Å². The normalized spacial score (nSPS) is 13.6. The van der Waals surface area contributed by atoms with Crippen molar-refractivity contribution in [2.24, 2.45) is 0 Å². The zero-order chi connectivity index (χ0) is 21.8. The van der Waals surface area contributed by atoms with Crippen molar-refractivity contribution in [3.63, 3.8) is 0 Å². The Labute approximate surface area is 173 Å². The van der Waals surface area contributed by atoms with Crippen LogP contribution in [0.1, 0.15) is 51.3 Å². The number of methoxy groups -OCH3 is 1. The maximum absolute atomic E-state index is 12.6. The zero-order valence-electron chi connectivity index (χ0n) is 16.9. The molecule has 0 radical (unpaired) electrons. The number of anilines is 1. The van der Waals surface area contributed by atoms with Crippen LogP contribution in [0.5, 0.6) is 5.75 Å². The third-order valence-corrected chi connectivity index (χ3v) is 4.90. The van der Waals surface area contributed by atoms with Crippen LogP contribution in [-0.2, 0) is 9.53 Å². The van der Waals surface area contributed by atoms with E-state index in [1.165, 1.54) is 30.2 Å². The first kappa shape index (κ1) is 21.0. The van der Waals surface area contributed by atoms with Gasteiger partial charge in [-0.05, 0) is 43.7 Å². The number of ether oxygens (including phenoxy) is 2. The third-order valence-electron chi connectivity index (χ3n) is 4.90. The molecule has 8 heteroatoms. The van der Waals surface area contributed by atoms with Gasteiger partial charge in [0.25, 0.3) is 17.7 Å². The lowest BCUT2D eigenvalue weighted by atomic mass is 10.1. The molecule has 1 N–H and O–H groups in total. The van der Waals surface area contributed by atoms with Crippen molar-refractivity contribution in [3.05, 3.63) is 59.2 Å². The van der Waals surface area contributed by atoms with Gasteiger partial charge in [0.15, 0.2) is 6.61 Å². The maximum Gasteiger partial charge on any atom is 0.338 e. The Morgan fingerprint density at radius 3 is 2.47 bits per heavy atom. The highest BCUT2D eigenvalue weighted by Crippen LogP contribution is 2.27. The molecule has 2 aromatic rings. The van der Waals surface area contributed by atoms with Crippen LogP contribution in [-0.4, -0.2) is 48.3 Å². The number of esters is 1. The van der Waals surface area contributed by atoms with Crippen LogP contribution < -0.4 is 10.1 Å². The minimum atomic E-state index is -0.768. The summed E-state index contributed by atoms with van der Waals surface area (Å²) < 4.78 is 10.2. The number of carbonyl (C=O) groups excluding carboxylic acids is 4. The van der Waals surface area contributed by atoms with E-state index in [1.807, 2.05) is 6.92 Å². The lowest BCUT2D eigenvalue weighted by molar-refractivity contribution is -0.119. The highest BCUT2D eigenvalue weighted by Gasteiger charge is 2.38. The summed E-state index contributed by atoms with van der Waals surface area (Å²) >= 11 is 0. The summed E-state index contributed by atoms with van der Waals surface area (Å²) in [6, 6.07) is 10.8. The molecule has 1 unspecified atom stereocenters. The first-order chi connectivity index (χ1) is 14.4. The summed E-state index contributed by atoms with van der Waals surface area (Å²) in [4.78, 5) is 50.7. The van der Waals surface area contributed by atoms with Gasteiger partial charge in [0.05, 0.1) is 29.5 Å². The second kappa shape index (κ2) is 8.77. The number of benzene rings is 2. The highest BCUT2D eigenvalue weighted by atomic mass is 16.5. The Morgan fingerprint density at radius 2 is 1.77 bits per heavy atom. The van der Waals surface area contributed by atoms with Gasteiger partial charge in [0, 0.05) is 6.04 Å². The Balaban J connectivity index is 1.66. The zero-order valence-corrected chi connectivity index (χ0v) is 16.9. The molecule has 30 heavy (non-hydrogen) atoms. The van der Waals surface area contributed by atoms with Gasteiger partial charge in [-0.3, -0.25) is 19.3 Å². The molecule has 0 fully saturated rings. The van der Waals surface area contributed by atoms with Crippen molar-refractivity contribution < 1.29 is 28.7 Å². The number of hydrogen-bond acceptors (Lipinski definition) is 6. The summed E-state index contributed by atoms with van der Waals surface area (Å²) in [5.74, 6) is -1.64. The SMILES string of the molecule is CCC(C)N1C(=O)c2ccc(C(=O)OCC(=O)Nc3ccccc3OC)cc2C1=O. The van der Waals surface area contributed by atoms with E-state index in [0.29, 0.717) is 17.9 Å². The van der Waals surface area contributed by atoms with E-state index < -0.39 is 24.4 Å². The van der Waals surface area contributed by atoms with Crippen molar-refractivity contribution in [1.29, 1.82) is 0 Å². The Hall–Kier alpha value is -3.68. The first-order valence-corrected chi connectivity index (χ1v) is 9.49. The van der Waals surface area contributed by atoms with Crippen molar-refractivity contribution in [1.82, 2.24) is 4.90 Å². The second-order valence-corrected chi connectivity index (χ2v) is 6.82. The van der Waals surface area contributed by atoms with Gasteiger partial charge in [0.2, 0.25) is 0 Å². The molecule has 1 atom stereocenters. The van der Waals surface area contributed by atoms with Crippen LogP contribution in [0.15, 0.2) is 42.5 Å². The summed E-state index contributed by atoms with van der Waals surface area (Å²) in [7, 11) is 1.48. The fourth-order valence-corrected chi connectivity index (χ4v) is 3.12. The van der Waals surface area contributed by atoms with Gasteiger partial charge >= 0.3 is 5.97 Å². The van der Waals surface area contributed by atoms with Gasteiger partial charge in [-0.1, -0.05) is 19.1 Å². The van der Waals surface area contributed by atoms with Crippen LogP contribution in [0.4, 0.5) is 5.69 Å². The number of fused-ring (bicyclic) bond motifs is 1. The molecule has 3 rings (SSSR count). The quantitative estimate of drug-likeness (QED) is 0.556. The Bertz CT molecular complexity index is 1020. The number of imide groups is 1. The average molecular weight is 410 g/mol. The average Bonchev–Trinajstić information content (AvgIpc) is 3.01. The van der Waals surface area contributed by atoms with Crippen LogP contribution >= 0.6 is 0 Å². The van der Waals surface area contributed by atoms with Crippen LogP contribution in [0, 0.1) is 0 Å². The van der Waals surface area contributed by atoms with E-state index in [1.54, 1.807) is 31.2 Å². The van der Waals surface area contributed by atoms with Crippen LogP contribution in [0.2, 0.25) is 0 Å². The van der Waals surface area contributed by atoms with E-state index in [0.717, 1.165) is 0 Å². The lowest BCUT2D eigenvalue weighted by Gasteiger charge is -2.20. The Morgan fingerprint density at radius 1 is 1.07 bits per heavy atom. The molecule has 0 bridgehead atoms. The molecule has 2 aromatic carbocycles. The van der Waals surface area contributed by atoms with Crippen molar-refractivity contribution in [2.45, 2.75) is 26.3 Å². The monoisotopic (exact) mass is 410 g/mol. The molecule has 1 aliphatic rings. The molecule has 0 saturated carbocycles. The number of para-hydroxylation sites is 2. The lowest BCUT2D eigenvalue weighted by Crippen LogP contribution is -2.37. The number of carbonyl (C=O) groups is 4. The third kappa shape index (κ3) is 4.03. The van der Waals surface area contributed by atoms with Crippen molar-refractivity contribution in [2.75, 3.05) is 19.0 Å². The first-order valence-electron chi connectivity index (χ1n) is 9.49. The van der Waals surface area contributed by atoms with Gasteiger partial charge in [0.1, 0.15) is 5.75 Å². The highest BCUT2D eigenvalue weighted by molar-refractivity contribution is 6.22. The van der Waals surface area contributed by atoms with Gasteiger partial charge in [-0.25, -0.2) is 4.79 Å². The fourth-order valence-electron chi connectivity index (χ4n) is 3.12. The molecule has 0 saturated heterocycles.